The van der Waals surface area contributed by atoms with Crippen molar-refractivity contribution in [3.05, 3.63) is 64.7 Å². The molecule has 11 nitrogen and oxygen atoms in total. The minimum absolute atomic E-state index is 0.0279. The monoisotopic (exact) mass is 739 g/mol. The molecule has 1 saturated carbocycles. The van der Waals surface area contributed by atoms with Gasteiger partial charge in [-0.1, -0.05) is 23.7 Å². The third-order valence-electron chi connectivity index (χ3n) is 11.9. The van der Waals surface area contributed by atoms with Gasteiger partial charge >= 0.3 is 6.09 Å². The first-order valence-corrected chi connectivity index (χ1v) is 20.0. The maximum absolute atomic E-state index is 13.7. The number of sulfonamides is 1. The number of carbonyl (C=O) groups excluding carboxylic acids is 2. The van der Waals surface area contributed by atoms with Crippen LogP contribution in [0.5, 0.6) is 5.75 Å². The number of nitrogens with one attached hydrogen (secondary N) is 1. The number of fused-ring (bicyclic) bond motifs is 6. The van der Waals surface area contributed by atoms with Crippen molar-refractivity contribution in [2.45, 2.75) is 93.0 Å². The summed E-state index contributed by atoms with van der Waals surface area (Å²) in [6, 6.07) is 10.9. The number of anilines is 1. The molecule has 2 aromatic rings. The van der Waals surface area contributed by atoms with Crippen molar-refractivity contribution >= 4 is 39.3 Å². The Labute approximate surface area is 304 Å². The molecule has 4 aliphatic heterocycles. The molecule has 6 atom stereocenters. The highest BCUT2D eigenvalue weighted by molar-refractivity contribution is 7.90. The van der Waals surface area contributed by atoms with Gasteiger partial charge in [-0.15, -0.1) is 0 Å². The second-order valence-electron chi connectivity index (χ2n) is 15.6. The summed E-state index contributed by atoms with van der Waals surface area (Å²) in [5.41, 5.74) is 1.26. The largest absolute Gasteiger partial charge is 0.490 e. The van der Waals surface area contributed by atoms with Gasteiger partial charge in [0.2, 0.25) is 0 Å². The van der Waals surface area contributed by atoms with Crippen molar-refractivity contribution in [2.75, 3.05) is 44.3 Å². The molecule has 3 fully saturated rings. The van der Waals surface area contributed by atoms with E-state index in [9.17, 15) is 18.0 Å². The molecule has 2 amide bonds. The van der Waals surface area contributed by atoms with Gasteiger partial charge < -0.3 is 28.7 Å². The lowest BCUT2D eigenvalue weighted by molar-refractivity contribution is -0.139. The van der Waals surface area contributed by atoms with Crippen LogP contribution in [0, 0.1) is 11.8 Å². The molecule has 51 heavy (non-hydrogen) atoms. The Morgan fingerprint density at radius 2 is 1.84 bits per heavy atom. The van der Waals surface area contributed by atoms with Crippen molar-refractivity contribution in [2.24, 2.45) is 11.8 Å². The average molecular weight is 740 g/mol. The highest BCUT2D eigenvalue weighted by Crippen LogP contribution is 2.47. The summed E-state index contributed by atoms with van der Waals surface area (Å²) in [6.45, 7) is 5.78. The van der Waals surface area contributed by atoms with Crippen LogP contribution in [0.3, 0.4) is 0 Å². The maximum Gasteiger partial charge on any atom is 0.410 e. The first-order chi connectivity index (χ1) is 24.4. The Hall–Kier alpha value is -3.32. The van der Waals surface area contributed by atoms with Crippen LogP contribution < -0.4 is 14.4 Å². The van der Waals surface area contributed by atoms with E-state index in [1.807, 2.05) is 12.1 Å². The van der Waals surface area contributed by atoms with Crippen LogP contribution in [-0.2, 0) is 40.9 Å². The van der Waals surface area contributed by atoms with Crippen molar-refractivity contribution in [1.29, 1.82) is 0 Å². The van der Waals surface area contributed by atoms with E-state index in [0.717, 1.165) is 44.9 Å². The maximum atomic E-state index is 13.7. The lowest BCUT2D eigenvalue weighted by Crippen LogP contribution is -2.51. The zero-order chi connectivity index (χ0) is 35.5. The number of benzene rings is 2. The van der Waals surface area contributed by atoms with Gasteiger partial charge in [-0.2, -0.15) is 0 Å². The fourth-order valence-electron chi connectivity index (χ4n) is 8.84. The van der Waals surface area contributed by atoms with Gasteiger partial charge in [0.1, 0.15) is 17.5 Å². The molecule has 274 valence electrons. The molecule has 4 bridgehead atoms. The van der Waals surface area contributed by atoms with Crippen molar-refractivity contribution in [3.63, 3.8) is 0 Å². The number of likely N-dealkylation sites (tertiary alicyclic amines) is 1. The Morgan fingerprint density at radius 3 is 2.61 bits per heavy atom. The third kappa shape index (κ3) is 6.73. The van der Waals surface area contributed by atoms with E-state index < -0.39 is 27.6 Å². The minimum atomic E-state index is -4.24. The average Bonchev–Trinajstić information content (AvgIpc) is 3.34. The lowest BCUT2D eigenvalue weighted by atomic mass is 9.68. The number of hydrogen-bond acceptors (Lipinski definition) is 9. The predicted octanol–water partition coefficient (Wildman–Crippen LogP) is 5.38. The van der Waals surface area contributed by atoms with Gasteiger partial charge in [0, 0.05) is 29.4 Å². The number of hydrogen-bond donors (Lipinski definition) is 1. The number of aryl methyl sites for hydroxylation is 1. The molecule has 6 aliphatic rings. The van der Waals surface area contributed by atoms with E-state index >= 15 is 0 Å². The zero-order valence-electron chi connectivity index (χ0n) is 29.1. The first kappa shape index (κ1) is 34.7. The molecule has 2 unspecified atom stereocenters. The number of morpholine rings is 1. The number of rotatable bonds is 1. The molecular weight excluding hydrogens is 694 g/mol. The fraction of sp³-hybridized carbons (Fsp3) is 0.579. The van der Waals surface area contributed by atoms with Gasteiger partial charge in [0.05, 0.1) is 49.1 Å². The summed E-state index contributed by atoms with van der Waals surface area (Å²) < 4.78 is 54.3. The minimum Gasteiger partial charge on any atom is -0.490 e. The highest BCUT2D eigenvalue weighted by Gasteiger charge is 2.46. The topological polar surface area (TPSA) is 124 Å². The predicted molar refractivity (Wildman–Crippen MR) is 191 cm³/mol. The lowest BCUT2D eigenvalue weighted by Gasteiger charge is -2.46. The van der Waals surface area contributed by atoms with E-state index in [0.29, 0.717) is 49.2 Å². The fourth-order valence-corrected chi connectivity index (χ4v) is 10.2. The molecule has 2 saturated heterocycles. The standard InChI is InChI=1S/C38H46ClN3O8S/c1-37(2)35(43)40-51(45,46)29-11-14-34-32(18-29)42(22-38(23-47-34)15-3-5-24-17-26(39)8-13-31(24)38)19-25-7-12-30(25)33(6-4-16-48-37)50-36(44)41-20-27-9-10-28(21-41)49-27/h4,6,8,11,13-14,17-18,25,27-28,30,33H,3,5,7,9-10,12,15-16,19-23H2,1-2H3,(H,40,43)/t25-,27?,28?,30+,33-,38-/m0/s1. The van der Waals surface area contributed by atoms with Crippen molar-refractivity contribution in [1.82, 2.24) is 9.62 Å². The number of amides is 2. The number of carbonyl (C=O) groups is 2. The molecule has 1 spiro atoms. The summed E-state index contributed by atoms with van der Waals surface area (Å²) in [5.74, 6) is -0.0230. The normalized spacial score (nSPS) is 32.5. The van der Waals surface area contributed by atoms with E-state index in [4.69, 9.17) is 30.5 Å². The molecule has 2 aromatic carbocycles. The van der Waals surface area contributed by atoms with E-state index in [1.165, 1.54) is 31.0 Å². The Kier molecular flexibility index (Phi) is 9.04. The third-order valence-corrected chi connectivity index (χ3v) is 13.4. The summed E-state index contributed by atoms with van der Waals surface area (Å²) in [5, 5.41) is 0.704. The molecule has 4 heterocycles. The molecule has 1 N–H and O–H groups in total. The van der Waals surface area contributed by atoms with Crippen molar-refractivity contribution < 1.29 is 37.0 Å². The van der Waals surface area contributed by atoms with Gasteiger partial charge in [-0.05, 0) is 112 Å². The van der Waals surface area contributed by atoms with Gasteiger partial charge in [0.15, 0.2) is 0 Å². The van der Waals surface area contributed by atoms with Crippen LogP contribution in [0.2, 0.25) is 5.02 Å². The van der Waals surface area contributed by atoms with Crippen LogP contribution in [0.25, 0.3) is 0 Å². The number of halogens is 1. The first-order valence-electron chi connectivity index (χ1n) is 18.2. The summed E-state index contributed by atoms with van der Waals surface area (Å²) >= 11 is 6.45. The van der Waals surface area contributed by atoms with Crippen molar-refractivity contribution in [3.8, 4) is 5.75 Å². The highest BCUT2D eigenvalue weighted by atomic mass is 35.5. The number of ether oxygens (including phenoxy) is 4. The molecule has 8 rings (SSSR count). The molecule has 0 aromatic heterocycles. The van der Waals surface area contributed by atoms with E-state index in [-0.39, 0.29) is 47.1 Å². The van der Waals surface area contributed by atoms with Gasteiger partial charge in [-0.25, -0.2) is 17.9 Å². The summed E-state index contributed by atoms with van der Waals surface area (Å²) in [6.07, 6.45) is 9.40. The molecular formula is C38H46ClN3O8S. The Bertz CT molecular complexity index is 1840. The Morgan fingerprint density at radius 1 is 1.04 bits per heavy atom. The summed E-state index contributed by atoms with van der Waals surface area (Å²) in [7, 11) is -4.24. The van der Waals surface area contributed by atoms with E-state index in [2.05, 4.69) is 21.8 Å². The van der Waals surface area contributed by atoms with Gasteiger partial charge in [-0.3, -0.25) is 4.79 Å². The van der Waals surface area contributed by atoms with Crippen LogP contribution in [-0.4, -0.2) is 88.6 Å². The SMILES string of the molecule is CC1(C)OCC=C[C@H](OC(=O)N2CC3CCC(C2)O3)[C@@H]2CC[C@H]2CN2C[C@@]3(CCCc4cc(Cl)ccc43)COc3ccc(cc32)S(=O)(=O)NC1=O. The van der Waals surface area contributed by atoms with Crippen LogP contribution in [0.4, 0.5) is 10.5 Å². The summed E-state index contributed by atoms with van der Waals surface area (Å²) in [4.78, 5) is 31.0. The molecule has 2 aliphatic carbocycles. The van der Waals surface area contributed by atoms with E-state index in [1.54, 1.807) is 23.1 Å². The number of nitrogens with zero attached hydrogens (tertiary/aromatic N) is 2. The van der Waals surface area contributed by atoms with Crippen LogP contribution >= 0.6 is 11.6 Å². The zero-order valence-corrected chi connectivity index (χ0v) is 30.7. The second-order valence-corrected chi connectivity index (χ2v) is 17.7. The smallest absolute Gasteiger partial charge is 0.410 e. The molecule has 0 radical (unpaired) electrons. The van der Waals surface area contributed by atoms with Crippen LogP contribution in [0.15, 0.2) is 53.4 Å². The van der Waals surface area contributed by atoms with Gasteiger partial charge in [0.25, 0.3) is 15.9 Å². The molecule has 13 heteroatoms. The quantitative estimate of drug-likeness (QED) is 0.385. The van der Waals surface area contributed by atoms with Crippen LogP contribution in [0.1, 0.15) is 63.5 Å². The Balaban J connectivity index is 1.16. The second kappa shape index (κ2) is 13.3.